The summed E-state index contributed by atoms with van der Waals surface area (Å²) in [5.41, 5.74) is 18.0. The molecule has 218 valence electrons. The molecule has 0 unspecified atom stereocenters. The molecule has 1 aliphatic heterocycles. The Morgan fingerprint density at radius 2 is 1.15 bits per heavy atom. The number of hydrogen-bond acceptors (Lipinski definition) is 8. The van der Waals surface area contributed by atoms with Gasteiger partial charge < -0.3 is 31.9 Å². The standard InChI is InChI=1S/C28H47N7O4/c29-12-6-16-32-15-5-4-11-25(36)20-33(17-7-13-30)27(38)22-34(18-8-14-31)28(39)23-35(26(37)21-32)19-24-9-2-1-3-10-24/h1-3,9-10H,4-8,11-23,29-31H2. The molecular formula is C28H47N7O4. The molecule has 6 N–H and O–H groups in total. The number of carbonyl (C=O) groups is 4. The zero-order valence-electron chi connectivity index (χ0n) is 23.3. The molecule has 0 radical (unpaired) electrons. The maximum Gasteiger partial charge on any atom is 0.242 e. The molecular weight excluding hydrogens is 498 g/mol. The van der Waals surface area contributed by atoms with E-state index in [9.17, 15) is 19.2 Å². The molecule has 1 aromatic carbocycles. The van der Waals surface area contributed by atoms with Crippen molar-refractivity contribution in [1.82, 2.24) is 19.6 Å². The fraction of sp³-hybridized carbons (Fsp3) is 0.643. The van der Waals surface area contributed by atoms with Crippen LogP contribution in [0.25, 0.3) is 0 Å². The van der Waals surface area contributed by atoms with Crippen molar-refractivity contribution in [3.8, 4) is 0 Å². The van der Waals surface area contributed by atoms with E-state index in [4.69, 9.17) is 17.2 Å². The van der Waals surface area contributed by atoms with Crippen molar-refractivity contribution >= 4 is 23.5 Å². The third kappa shape index (κ3) is 12.2. The van der Waals surface area contributed by atoms with Crippen molar-refractivity contribution in [2.75, 3.05) is 72.0 Å². The van der Waals surface area contributed by atoms with Crippen molar-refractivity contribution < 1.29 is 19.2 Å². The second-order valence-corrected chi connectivity index (χ2v) is 10.1. The Balaban J connectivity index is 2.35. The Morgan fingerprint density at radius 1 is 0.615 bits per heavy atom. The number of carbonyl (C=O) groups excluding carboxylic acids is 4. The molecule has 1 aromatic rings. The van der Waals surface area contributed by atoms with Crippen molar-refractivity contribution in [3.63, 3.8) is 0 Å². The molecule has 0 bridgehead atoms. The Kier molecular flexibility index (Phi) is 15.3. The van der Waals surface area contributed by atoms with Gasteiger partial charge >= 0.3 is 0 Å². The summed E-state index contributed by atoms with van der Waals surface area (Å²) in [6.45, 7) is 3.32. The first-order valence-corrected chi connectivity index (χ1v) is 14.1. The molecule has 39 heavy (non-hydrogen) atoms. The van der Waals surface area contributed by atoms with Crippen LogP contribution < -0.4 is 17.2 Å². The lowest BCUT2D eigenvalue weighted by Gasteiger charge is -2.31. The van der Waals surface area contributed by atoms with E-state index in [1.807, 2.05) is 30.3 Å². The smallest absolute Gasteiger partial charge is 0.242 e. The number of nitrogens with two attached hydrogens (primary N) is 3. The molecule has 2 rings (SSSR count). The van der Waals surface area contributed by atoms with Gasteiger partial charge in [0.2, 0.25) is 17.7 Å². The van der Waals surface area contributed by atoms with E-state index in [1.165, 1.54) is 9.80 Å². The van der Waals surface area contributed by atoms with E-state index in [0.717, 1.165) is 18.4 Å². The monoisotopic (exact) mass is 545 g/mol. The van der Waals surface area contributed by atoms with Crippen LogP contribution in [0.2, 0.25) is 0 Å². The van der Waals surface area contributed by atoms with Crippen molar-refractivity contribution in [3.05, 3.63) is 35.9 Å². The van der Waals surface area contributed by atoms with Crippen LogP contribution in [0.15, 0.2) is 30.3 Å². The van der Waals surface area contributed by atoms with E-state index in [1.54, 1.807) is 4.90 Å². The van der Waals surface area contributed by atoms with E-state index < -0.39 is 0 Å². The van der Waals surface area contributed by atoms with Crippen LogP contribution in [0.4, 0.5) is 0 Å². The number of Topliss-reactive ketones (excluding diaryl/α,β-unsaturated/α-hetero) is 1. The summed E-state index contributed by atoms with van der Waals surface area (Å²) in [5, 5.41) is 0. The predicted octanol–water partition coefficient (Wildman–Crippen LogP) is -0.226. The van der Waals surface area contributed by atoms with Crippen molar-refractivity contribution in [2.24, 2.45) is 17.2 Å². The van der Waals surface area contributed by atoms with Crippen molar-refractivity contribution in [2.45, 2.75) is 45.1 Å². The van der Waals surface area contributed by atoms with Crippen LogP contribution in [0.3, 0.4) is 0 Å². The second kappa shape index (κ2) is 18.4. The number of rotatable bonds is 11. The van der Waals surface area contributed by atoms with Gasteiger partial charge in [0, 0.05) is 26.1 Å². The molecule has 0 spiro atoms. The Bertz CT molecular complexity index is 899. The van der Waals surface area contributed by atoms with E-state index in [2.05, 4.69) is 4.90 Å². The summed E-state index contributed by atoms with van der Waals surface area (Å²) < 4.78 is 0. The van der Waals surface area contributed by atoms with Crippen LogP contribution in [0.1, 0.15) is 44.1 Å². The Labute approximate surface area is 232 Å². The van der Waals surface area contributed by atoms with Crippen LogP contribution in [-0.4, -0.2) is 115 Å². The van der Waals surface area contributed by atoms with E-state index >= 15 is 0 Å². The van der Waals surface area contributed by atoms with Gasteiger partial charge in [0.1, 0.15) is 6.54 Å². The summed E-state index contributed by atoms with van der Waals surface area (Å²) in [7, 11) is 0. The van der Waals surface area contributed by atoms with Crippen LogP contribution in [0, 0.1) is 0 Å². The summed E-state index contributed by atoms with van der Waals surface area (Å²) in [5.74, 6) is -0.817. The maximum absolute atomic E-state index is 13.6. The van der Waals surface area contributed by atoms with E-state index in [-0.39, 0.29) is 62.8 Å². The molecule has 1 saturated heterocycles. The first-order chi connectivity index (χ1) is 18.9. The Morgan fingerprint density at radius 3 is 1.77 bits per heavy atom. The lowest BCUT2D eigenvalue weighted by atomic mass is 10.1. The van der Waals surface area contributed by atoms with Gasteiger partial charge in [-0.1, -0.05) is 30.3 Å². The van der Waals surface area contributed by atoms with Gasteiger partial charge in [0.25, 0.3) is 0 Å². The first-order valence-electron chi connectivity index (χ1n) is 14.1. The van der Waals surface area contributed by atoms with Crippen LogP contribution in [0.5, 0.6) is 0 Å². The minimum Gasteiger partial charge on any atom is -0.334 e. The van der Waals surface area contributed by atoms with Crippen molar-refractivity contribution in [1.29, 1.82) is 0 Å². The highest BCUT2D eigenvalue weighted by Gasteiger charge is 2.27. The highest BCUT2D eigenvalue weighted by atomic mass is 16.2. The molecule has 1 fully saturated rings. The summed E-state index contributed by atoms with van der Waals surface area (Å²) in [6.07, 6.45) is 3.58. The maximum atomic E-state index is 13.6. The fourth-order valence-corrected chi connectivity index (χ4v) is 4.54. The van der Waals surface area contributed by atoms with Gasteiger partial charge in [-0.25, -0.2) is 0 Å². The zero-order valence-corrected chi connectivity index (χ0v) is 23.3. The normalized spacial score (nSPS) is 17.8. The van der Waals surface area contributed by atoms with Crippen LogP contribution >= 0.6 is 0 Å². The zero-order chi connectivity index (χ0) is 28.5. The average Bonchev–Trinajstić information content (AvgIpc) is 2.93. The fourth-order valence-electron chi connectivity index (χ4n) is 4.54. The molecule has 3 amide bonds. The highest BCUT2D eigenvalue weighted by molar-refractivity contribution is 5.91. The van der Waals surface area contributed by atoms with Gasteiger partial charge in [-0.05, 0) is 70.4 Å². The lowest BCUT2D eigenvalue weighted by Crippen LogP contribution is -2.50. The largest absolute Gasteiger partial charge is 0.334 e. The molecule has 1 heterocycles. The summed E-state index contributed by atoms with van der Waals surface area (Å²) in [4.78, 5) is 59.7. The van der Waals surface area contributed by atoms with E-state index in [0.29, 0.717) is 65.0 Å². The lowest BCUT2D eigenvalue weighted by molar-refractivity contribution is -0.145. The van der Waals surface area contributed by atoms with Gasteiger partial charge in [0.05, 0.1) is 19.6 Å². The molecule has 11 heteroatoms. The Hall–Kier alpha value is -2.86. The number of ketones is 1. The molecule has 0 atom stereocenters. The SMILES string of the molecule is NCCCN1CCCCC(=O)CN(CCCN)C(=O)CN(CCCN)C(=O)CN(Cc2ccccc2)C(=O)C1. The molecule has 0 aliphatic carbocycles. The third-order valence-electron chi connectivity index (χ3n) is 6.78. The number of nitrogens with zero attached hydrogens (tertiary/aromatic N) is 4. The van der Waals surface area contributed by atoms with Gasteiger partial charge in [-0.3, -0.25) is 24.1 Å². The van der Waals surface area contributed by atoms with Gasteiger partial charge in [-0.15, -0.1) is 0 Å². The molecule has 0 saturated carbocycles. The highest BCUT2D eigenvalue weighted by Crippen LogP contribution is 2.10. The average molecular weight is 546 g/mol. The second-order valence-electron chi connectivity index (χ2n) is 10.1. The third-order valence-corrected chi connectivity index (χ3v) is 6.78. The topological polar surface area (TPSA) is 159 Å². The predicted molar refractivity (Wildman–Crippen MR) is 151 cm³/mol. The first kappa shape index (κ1) is 32.4. The van der Waals surface area contributed by atoms with Gasteiger partial charge in [-0.2, -0.15) is 0 Å². The summed E-state index contributed by atoms with van der Waals surface area (Å²) in [6, 6.07) is 9.54. The van der Waals surface area contributed by atoms with Gasteiger partial charge in [0.15, 0.2) is 5.78 Å². The number of amides is 3. The molecule has 11 nitrogen and oxygen atoms in total. The van der Waals surface area contributed by atoms with Crippen LogP contribution in [-0.2, 0) is 25.7 Å². The molecule has 0 aromatic heterocycles. The number of benzene rings is 1. The summed E-state index contributed by atoms with van der Waals surface area (Å²) >= 11 is 0. The molecule has 1 aliphatic rings. The minimum atomic E-state index is -0.327. The number of hydrogen-bond donors (Lipinski definition) is 3. The minimum absolute atomic E-state index is 0.00720. The quantitative estimate of drug-likeness (QED) is 0.344.